The van der Waals surface area contributed by atoms with Crippen LogP contribution in [-0.2, 0) is 14.9 Å². The Balaban J connectivity index is 3.10. The topological polar surface area (TPSA) is 80.7 Å². The molecule has 0 fully saturated rings. The number of carbonyl (C=O) groups excluding carboxylic acids is 1. The molecule has 154 valence electrons. The zero-order valence-electron chi connectivity index (χ0n) is 16.5. The third-order valence-electron chi connectivity index (χ3n) is 4.73. The summed E-state index contributed by atoms with van der Waals surface area (Å²) in [4.78, 5) is 11.4. The molecule has 0 aromatic heterocycles. The molecule has 0 heterocycles. The molecule has 5 nitrogen and oxygen atoms in total. The molecule has 0 aliphatic carbocycles. The fourth-order valence-corrected chi connectivity index (χ4v) is 3.00. The average molecular weight is 406 g/mol. The highest BCUT2D eigenvalue weighted by Gasteiger charge is 2.54. The molecule has 0 aliphatic heterocycles. The van der Waals surface area contributed by atoms with Crippen LogP contribution in [0.25, 0.3) is 0 Å². The third-order valence-corrected chi connectivity index (χ3v) is 5.54. The van der Waals surface area contributed by atoms with E-state index in [1.807, 2.05) is 0 Å². The normalized spacial score (nSPS) is 14.7. The zero-order chi connectivity index (χ0) is 21.3. The average Bonchev–Trinajstić information content (AvgIpc) is 2.51. The minimum Gasteiger partial charge on any atom is -0.421 e. The Morgan fingerprint density at radius 2 is 1.59 bits per heavy atom. The van der Waals surface area contributed by atoms with Crippen LogP contribution in [-0.4, -0.2) is 24.2 Å². The molecule has 1 aromatic carbocycles. The molecule has 0 saturated carbocycles. The van der Waals surface area contributed by atoms with Gasteiger partial charge in [0.25, 0.3) is 0 Å². The summed E-state index contributed by atoms with van der Waals surface area (Å²) in [6.45, 7) is 12.8. The van der Waals surface area contributed by atoms with E-state index in [-0.39, 0.29) is 22.5 Å². The quantitative estimate of drug-likeness (QED) is 0.390. The van der Waals surface area contributed by atoms with Crippen molar-refractivity contribution in [2.24, 2.45) is 10.8 Å². The molecule has 0 amide bonds. The molecule has 1 unspecified atom stereocenters. The van der Waals surface area contributed by atoms with E-state index in [0.29, 0.717) is 0 Å². The highest BCUT2D eigenvalue weighted by molar-refractivity contribution is 7.87. The molecule has 1 rings (SSSR count). The van der Waals surface area contributed by atoms with Crippen LogP contribution in [0, 0.1) is 10.8 Å². The van der Waals surface area contributed by atoms with E-state index >= 15 is 0 Å². The van der Waals surface area contributed by atoms with Crippen molar-refractivity contribution in [1.29, 1.82) is 0 Å². The van der Waals surface area contributed by atoms with Crippen molar-refractivity contribution in [2.45, 2.75) is 65.6 Å². The summed E-state index contributed by atoms with van der Waals surface area (Å²) >= 11 is 0. The molecule has 0 spiro atoms. The van der Waals surface area contributed by atoms with Crippen molar-refractivity contribution in [3.05, 3.63) is 29.8 Å². The van der Waals surface area contributed by atoms with Crippen LogP contribution < -0.4 is 4.74 Å². The van der Waals surface area contributed by atoms with E-state index in [2.05, 4.69) is 46.3 Å². The lowest BCUT2D eigenvalue weighted by Crippen LogP contribution is -2.40. The van der Waals surface area contributed by atoms with Crippen LogP contribution in [0.4, 0.5) is 8.78 Å². The Bertz CT molecular complexity index is 762. The van der Waals surface area contributed by atoms with E-state index in [4.69, 9.17) is 4.55 Å². The summed E-state index contributed by atoms with van der Waals surface area (Å²) in [5.41, 5.74) is 1.03. The Labute approximate surface area is 159 Å². The fourth-order valence-electron chi connectivity index (χ4n) is 2.74. The molecule has 0 saturated heterocycles. The summed E-state index contributed by atoms with van der Waals surface area (Å²) in [7, 11) is -5.89. The Hall–Kier alpha value is -1.54. The Morgan fingerprint density at radius 3 is 1.96 bits per heavy atom. The summed E-state index contributed by atoms with van der Waals surface area (Å²) in [5, 5.41) is -5.02. The van der Waals surface area contributed by atoms with Gasteiger partial charge in [0.2, 0.25) is 0 Å². The number of hydrogen-bond donors (Lipinski definition) is 1. The monoisotopic (exact) mass is 406 g/mol. The molecule has 0 aliphatic rings. The molecule has 1 aromatic rings. The first-order valence-electron chi connectivity index (χ1n) is 8.68. The van der Waals surface area contributed by atoms with E-state index in [0.717, 1.165) is 18.4 Å². The number of carbonyl (C=O) groups is 1. The maximum atomic E-state index is 13.3. The van der Waals surface area contributed by atoms with Gasteiger partial charge in [-0.25, -0.2) is 4.79 Å². The molecule has 0 bridgehead atoms. The lowest BCUT2D eigenvalue weighted by atomic mass is 9.67. The number of alkyl halides is 2. The second-order valence-electron chi connectivity index (χ2n) is 8.61. The molecular weight excluding hydrogens is 378 g/mol. The van der Waals surface area contributed by atoms with Gasteiger partial charge in [-0.3, -0.25) is 4.55 Å². The van der Waals surface area contributed by atoms with E-state index < -0.39 is 21.3 Å². The zero-order valence-corrected chi connectivity index (χ0v) is 17.4. The van der Waals surface area contributed by atoms with Gasteiger partial charge in [-0.1, -0.05) is 60.1 Å². The van der Waals surface area contributed by atoms with Crippen LogP contribution in [0.5, 0.6) is 5.75 Å². The second-order valence-corrected chi connectivity index (χ2v) is 10.1. The van der Waals surface area contributed by atoms with Gasteiger partial charge in [0.05, 0.1) is 0 Å². The molecule has 27 heavy (non-hydrogen) atoms. The minimum absolute atomic E-state index is 0.0104. The lowest BCUT2D eigenvalue weighted by molar-refractivity contribution is -0.151. The predicted molar refractivity (Wildman–Crippen MR) is 99.5 cm³/mol. The highest BCUT2D eigenvalue weighted by atomic mass is 32.2. The first-order valence-corrected chi connectivity index (χ1v) is 10.1. The van der Waals surface area contributed by atoms with Gasteiger partial charge in [-0.2, -0.15) is 17.2 Å². The van der Waals surface area contributed by atoms with Crippen LogP contribution in [0.1, 0.15) is 65.9 Å². The number of ether oxygens (including phenoxy) is 1. The molecule has 1 atom stereocenters. The van der Waals surface area contributed by atoms with Gasteiger partial charge in [-0.05, 0) is 40.9 Å². The smallest absolute Gasteiger partial charge is 0.421 e. The SMILES string of the molecule is CCC(C)(C)C(CC(C)(C)C)c1ccc(OC(=O)C(F)(F)S(=O)(=O)O)cc1. The van der Waals surface area contributed by atoms with Gasteiger partial charge >= 0.3 is 21.3 Å². The number of rotatable bonds is 7. The van der Waals surface area contributed by atoms with Crippen molar-refractivity contribution in [2.75, 3.05) is 0 Å². The first-order chi connectivity index (χ1) is 12.0. The number of halogens is 2. The van der Waals surface area contributed by atoms with Gasteiger partial charge in [0.1, 0.15) is 5.75 Å². The van der Waals surface area contributed by atoms with Crippen molar-refractivity contribution < 1.29 is 31.3 Å². The minimum atomic E-state index is -5.89. The molecule has 8 heteroatoms. The van der Waals surface area contributed by atoms with Crippen molar-refractivity contribution in [3.8, 4) is 5.75 Å². The predicted octanol–water partition coefficient (Wildman–Crippen LogP) is 5.03. The molecule has 0 radical (unpaired) electrons. The first kappa shape index (κ1) is 23.5. The van der Waals surface area contributed by atoms with Gasteiger partial charge in [-0.15, -0.1) is 0 Å². The van der Waals surface area contributed by atoms with Crippen LogP contribution in [0.2, 0.25) is 0 Å². The Morgan fingerprint density at radius 1 is 1.11 bits per heavy atom. The van der Waals surface area contributed by atoms with Crippen molar-refractivity contribution >= 4 is 16.1 Å². The maximum absolute atomic E-state index is 13.3. The van der Waals surface area contributed by atoms with Crippen molar-refractivity contribution in [3.63, 3.8) is 0 Å². The van der Waals surface area contributed by atoms with Crippen molar-refractivity contribution in [1.82, 2.24) is 0 Å². The third kappa shape index (κ3) is 5.97. The standard InChI is InChI=1S/C19H28F2O5S/c1-7-18(5,6)15(12-17(2,3)4)13-8-10-14(11-9-13)26-16(22)19(20,21)27(23,24)25/h8-11,15H,7,12H2,1-6H3,(H,23,24,25). The highest BCUT2D eigenvalue weighted by Crippen LogP contribution is 2.45. The second kappa shape index (κ2) is 7.83. The summed E-state index contributed by atoms with van der Waals surface area (Å²) < 4.78 is 60.7. The fraction of sp³-hybridized carbons (Fsp3) is 0.632. The molecule has 1 N–H and O–H groups in total. The Kier molecular flexibility index (Phi) is 6.82. The summed E-state index contributed by atoms with van der Waals surface area (Å²) in [5.74, 6) is -2.39. The molecular formula is C19H28F2O5S. The van der Waals surface area contributed by atoms with E-state index in [9.17, 15) is 22.0 Å². The van der Waals surface area contributed by atoms with E-state index in [1.165, 1.54) is 12.1 Å². The lowest BCUT2D eigenvalue weighted by Gasteiger charge is -2.38. The van der Waals surface area contributed by atoms with Crippen LogP contribution in [0.15, 0.2) is 24.3 Å². The maximum Gasteiger partial charge on any atom is 0.466 e. The summed E-state index contributed by atoms with van der Waals surface area (Å²) in [6, 6.07) is 6.05. The van der Waals surface area contributed by atoms with Crippen LogP contribution in [0.3, 0.4) is 0 Å². The number of benzene rings is 1. The van der Waals surface area contributed by atoms with Crippen LogP contribution >= 0.6 is 0 Å². The van der Waals surface area contributed by atoms with Gasteiger partial charge in [0, 0.05) is 0 Å². The van der Waals surface area contributed by atoms with Gasteiger partial charge in [0.15, 0.2) is 0 Å². The largest absolute Gasteiger partial charge is 0.466 e. The van der Waals surface area contributed by atoms with Gasteiger partial charge < -0.3 is 4.74 Å². The number of hydrogen-bond acceptors (Lipinski definition) is 4. The van der Waals surface area contributed by atoms with E-state index in [1.54, 1.807) is 12.1 Å². The summed E-state index contributed by atoms with van der Waals surface area (Å²) in [6.07, 6.45) is 1.83. The number of esters is 1.